The zero-order valence-corrected chi connectivity index (χ0v) is 12.3. The van der Waals surface area contributed by atoms with Gasteiger partial charge in [-0.3, -0.25) is 4.79 Å². The van der Waals surface area contributed by atoms with Gasteiger partial charge >= 0.3 is 0 Å². The van der Waals surface area contributed by atoms with E-state index in [0.29, 0.717) is 6.04 Å². The minimum atomic E-state index is 0.269. The number of unbranched alkanes of at least 4 members (excludes halogenated alkanes) is 1. The Kier molecular flexibility index (Phi) is 7.33. The first-order chi connectivity index (χ1) is 8.67. The second-order valence-electron chi connectivity index (χ2n) is 5.79. The molecule has 0 bridgehead atoms. The molecule has 0 aromatic heterocycles. The first-order valence-corrected chi connectivity index (χ1v) is 7.62. The Morgan fingerprint density at radius 2 is 1.94 bits per heavy atom. The maximum absolute atomic E-state index is 12.0. The third-order valence-corrected chi connectivity index (χ3v) is 4.26. The third kappa shape index (κ3) is 5.38. The number of likely N-dealkylation sites (N-methyl/N-ethyl adjacent to an activating group) is 1. The van der Waals surface area contributed by atoms with Gasteiger partial charge in [0, 0.05) is 18.5 Å². The SMILES string of the molecule is CCCCC1CCC(C(=O)NCC(C)NC)CC1. The van der Waals surface area contributed by atoms with E-state index < -0.39 is 0 Å². The standard InChI is InChI=1S/C15H30N2O/c1-4-5-6-13-7-9-14(10-8-13)15(18)17-11-12(2)16-3/h12-14,16H,4-11H2,1-3H3,(H,17,18). The molecule has 1 fully saturated rings. The van der Waals surface area contributed by atoms with Crippen molar-refractivity contribution in [1.29, 1.82) is 0 Å². The van der Waals surface area contributed by atoms with Crippen LogP contribution in [0.1, 0.15) is 58.8 Å². The van der Waals surface area contributed by atoms with E-state index in [4.69, 9.17) is 0 Å². The van der Waals surface area contributed by atoms with Crippen molar-refractivity contribution in [3.05, 3.63) is 0 Å². The molecule has 0 aromatic carbocycles. The van der Waals surface area contributed by atoms with Crippen LogP contribution in [0, 0.1) is 11.8 Å². The maximum Gasteiger partial charge on any atom is 0.223 e. The lowest BCUT2D eigenvalue weighted by molar-refractivity contribution is -0.126. The van der Waals surface area contributed by atoms with Crippen molar-refractivity contribution < 1.29 is 4.79 Å². The highest BCUT2D eigenvalue weighted by Gasteiger charge is 2.25. The summed E-state index contributed by atoms with van der Waals surface area (Å²) in [6, 6.07) is 0.356. The summed E-state index contributed by atoms with van der Waals surface area (Å²) >= 11 is 0. The molecule has 0 radical (unpaired) electrons. The number of hydrogen-bond donors (Lipinski definition) is 2. The zero-order valence-electron chi connectivity index (χ0n) is 12.3. The van der Waals surface area contributed by atoms with Crippen LogP contribution in [0.4, 0.5) is 0 Å². The van der Waals surface area contributed by atoms with Crippen molar-refractivity contribution >= 4 is 5.91 Å². The monoisotopic (exact) mass is 254 g/mol. The van der Waals surface area contributed by atoms with E-state index in [1.807, 2.05) is 7.05 Å². The third-order valence-electron chi connectivity index (χ3n) is 4.26. The van der Waals surface area contributed by atoms with Crippen molar-refractivity contribution in [2.75, 3.05) is 13.6 Å². The molecular weight excluding hydrogens is 224 g/mol. The van der Waals surface area contributed by atoms with E-state index in [1.165, 1.54) is 32.1 Å². The molecule has 1 rings (SSSR count). The summed E-state index contributed by atoms with van der Waals surface area (Å²) in [5.41, 5.74) is 0. The van der Waals surface area contributed by atoms with Crippen LogP contribution in [0.5, 0.6) is 0 Å². The number of rotatable bonds is 7. The average Bonchev–Trinajstić information content (AvgIpc) is 2.42. The van der Waals surface area contributed by atoms with Crippen LogP contribution in [-0.2, 0) is 4.79 Å². The fourth-order valence-corrected chi connectivity index (χ4v) is 2.71. The highest BCUT2D eigenvalue weighted by atomic mass is 16.1. The highest BCUT2D eigenvalue weighted by molar-refractivity contribution is 5.78. The van der Waals surface area contributed by atoms with Crippen molar-refractivity contribution in [2.24, 2.45) is 11.8 Å². The lowest BCUT2D eigenvalue weighted by Gasteiger charge is -2.28. The molecule has 0 heterocycles. The lowest BCUT2D eigenvalue weighted by Crippen LogP contribution is -2.40. The smallest absolute Gasteiger partial charge is 0.223 e. The average molecular weight is 254 g/mol. The Balaban J connectivity index is 2.19. The predicted octanol–water partition coefficient (Wildman–Crippen LogP) is 2.71. The number of carbonyl (C=O) groups is 1. The van der Waals surface area contributed by atoms with Gasteiger partial charge in [0.2, 0.25) is 5.91 Å². The van der Waals surface area contributed by atoms with Crippen LogP contribution >= 0.6 is 0 Å². The molecule has 3 heteroatoms. The normalized spacial score (nSPS) is 25.7. The van der Waals surface area contributed by atoms with E-state index in [0.717, 1.165) is 25.3 Å². The topological polar surface area (TPSA) is 41.1 Å². The van der Waals surface area contributed by atoms with Gasteiger partial charge < -0.3 is 10.6 Å². The largest absolute Gasteiger partial charge is 0.354 e. The van der Waals surface area contributed by atoms with E-state index >= 15 is 0 Å². The molecule has 3 nitrogen and oxygen atoms in total. The summed E-state index contributed by atoms with van der Waals surface area (Å²) in [6.07, 6.45) is 8.69. The molecule has 106 valence electrons. The summed E-state index contributed by atoms with van der Waals surface area (Å²) in [5.74, 6) is 1.42. The van der Waals surface area contributed by atoms with Gasteiger partial charge in [0.05, 0.1) is 0 Å². The van der Waals surface area contributed by atoms with Crippen LogP contribution in [0.3, 0.4) is 0 Å². The van der Waals surface area contributed by atoms with Crippen LogP contribution in [0.2, 0.25) is 0 Å². The van der Waals surface area contributed by atoms with Gasteiger partial charge in [-0.2, -0.15) is 0 Å². The van der Waals surface area contributed by atoms with Crippen LogP contribution in [0.25, 0.3) is 0 Å². The summed E-state index contributed by atoms with van der Waals surface area (Å²) in [7, 11) is 1.93. The number of hydrogen-bond acceptors (Lipinski definition) is 2. The molecule has 1 aliphatic carbocycles. The minimum absolute atomic E-state index is 0.269. The van der Waals surface area contributed by atoms with Crippen molar-refractivity contribution in [3.63, 3.8) is 0 Å². The molecule has 18 heavy (non-hydrogen) atoms. The molecule has 0 aliphatic heterocycles. The van der Waals surface area contributed by atoms with Gasteiger partial charge in [0.15, 0.2) is 0 Å². The lowest BCUT2D eigenvalue weighted by atomic mass is 9.79. The molecule has 1 saturated carbocycles. The first-order valence-electron chi connectivity index (χ1n) is 7.62. The predicted molar refractivity (Wildman–Crippen MR) is 76.5 cm³/mol. The van der Waals surface area contributed by atoms with E-state index in [1.54, 1.807) is 0 Å². The van der Waals surface area contributed by atoms with Crippen molar-refractivity contribution in [2.45, 2.75) is 64.8 Å². The number of amides is 1. The molecule has 0 aromatic rings. The van der Waals surface area contributed by atoms with Gasteiger partial charge in [0.25, 0.3) is 0 Å². The fraction of sp³-hybridized carbons (Fsp3) is 0.933. The van der Waals surface area contributed by atoms with Gasteiger partial charge in [-0.15, -0.1) is 0 Å². The molecule has 1 amide bonds. The maximum atomic E-state index is 12.0. The highest BCUT2D eigenvalue weighted by Crippen LogP contribution is 2.31. The first kappa shape index (κ1) is 15.5. The van der Waals surface area contributed by atoms with E-state index in [9.17, 15) is 4.79 Å². The zero-order chi connectivity index (χ0) is 13.4. The van der Waals surface area contributed by atoms with Gasteiger partial charge in [-0.25, -0.2) is 0 Å². The second kappa shape index (κ2) is 8.52. The molecule has 2 N–H and O–H groups in total. The Morgan fingerprint density at radius 3 is 2.50 bits per heavy atom. The van der Waals surface area contributed by atoms with Crippen LogP contribution in [-0.4, -0.2) is 25.5 Å². The Hall–Kier alpha value is -0.570. The van der Waals surface area contributed by atoms with E-state index in [-0.39, 0.29) is 11.8 Å². The Morgan fingerprint density at radius 1 is 1.28 bits per heavy atom. The summed E-state index contributed by atoms with van der Waals surface area (Å²) < 4.78 is 0. The molecule has 1 atom stereocenters. The number of nitrogens with one attached hydrogen (secondary N) is 2. The summed E-state index contributed by atoms with van der Waals surface area (Å²) in [6.45, 7) is 5.08. The fourth-order valence-electron chi connectivity index (χ4n) is 2.71. The molecule has 0 spiro atoms. The Labute approximate surface area is 112 Å². The quantitative estimate of drug-likeness (QED) is 0.733. The number of carbonyl (C=O) groups excluding carboxylic acids is 1. The van der Waals surface area contributed by atoms with E-state index in [2.05, 4.69) is 24.5 Å². The minimum Gasteiger partial charge on any atom is -0.354 e. The van der Waals surface area contributed by atoms with Crippen molar-refractivity contribution in [1.82, 2.24) is 10.6 Å². The Bertz CT molecular complexity index is 235. The van der Waals surface area contributed by atoms with Gasteiger partial charge in [-0.1, -0.05) is 26.2 Å². The molecule has 1 unspecified atom stereocenters. The van der Waals surface area contributed by atoms with Crippen molar-refractivity contribution in [3.8, 4) is 0 Å². The van der Waals surface area contributed by atoms with Gasteiger partial charge in [-0.05, 0) is 45.6 Å². The van der Waals surface area contributed by atoms with Crippen LogP contribution < -0.4 is 10.6 Å². The summed E-state index contributed by atoms with van der Waals surface area (Å²) in [5, 5.41) is 6.20. The summed E-state index contributed by atoms with van der Waals surface area (Å²) in [4.78, 5) is 12.0. The van der Waals surface area contributed by atoms with Crippen LogP contribution in [0.15, 0.2) is 0 Å². The molecular formula is C15H30N2O. The van der Waals surface area contributed by atoms with Gasteiger partial charge in [0.1, 0.15) is 0 Å². The second-order valence-corrected chi connectivity index (χ2v) is 5.79. The molecule has 0 saturated heterocycles. The molecule has 1 aliphatic rings.